The Morgan fingerprint density at radius 2 is 0.968 bits per heavy atom. The van der Waals surface area contributed by atoms with Crippen molar-refractivity contribution in [1.82, 2.24) is 0 Å². The van der Waals surface area contributed by atoms with Crippen molar-refractivity contribution in [2.75, 3.05) is 0 Å². The highest BCUT2D eigenvalue weighted by atomic mass is 28.4. The minimum Gasteiger partial charge on any atom is -0.449 e. The first kappa shape index (κ1) is 28.2. The molecule has 0 saturated carbocycles. The zero-order valence-electron chi connectivity index (χ0n) is 22.1. The van der Waals surface area contributed by atoms with Gasteiger partial charge < -0.3 is 8.69 Å². The summed E-state index contributed by atoms with van der Waals surface area (Å²) in [4.78, 5) is 0. The van der Waals surface area contributed by atoms with Crippen LogP contribution in [0.5, 0.6) is 0 Å². The molecule has 0 aliphatic carbocycles. The van der Waals surface area contributed by atoms with Gasteiger partial charge in [0.1, 0.15) is 0 Å². The van der Waals surface area contributed by atoms with Gasteiger partial charge in [0, 0.05) is 0 Å². The summed E-state index contributed by atoms with van der Waals surface area (Å²) in [6.45, 7) is 27.6. The first-order chi connectivity index (χ1) is 14.3. The van der Waals surface area contributed by atoms with E-state index in [4.69, 9.17) is 8.69 Å². The van der Waals surface area contributed by atoms with E-state index in [2.05, 4.69) is 89.2 Å². The van der Waals surface area contributed by atoms with Gasteiger partial charge in [-0.05, 0) is 44.8 Å². The van der Waals surface area contributed by atoms with Gasteiger partial charge in [0.2, 0.25) is 0 Å². The Morgan fingerprint density at radius 3 is 1.26 bits per heavy atom. The second-order valence-corrected chi connectivity index (χ2v) is 21.7. The Morgan fingerprint density at radius 1 is 0.645 bits per heavy atom. The highest BCUT2D eigenvalue weighted by Gasteiger charge is 2.53. The summed E-state index contributed by atoms with van der Waals surface area (Å²) in [7, 11) is -4.94. The smallest absolute Gasteiger partial charge is 0.449 e. The van der Waals surface area contributed by atoms with E-state index in [1.165, 1.54) is 0 Å². The molecule has 1 rings (SSSR count). The molecule has 0 amide bonds. The molecule has 0 aromatic heterocycles. The van der Waals surface area contributed by atoms with Crippen molar-refractivity contribution >= 4 is 29.2 Å². The maximum Gasteiger partial charge on any atom is 0.473 e. The molecule has 0 heterocycles. The van der Waals surface area contributed by atoms with E-state index in [-0.39, 0.29) is 0 Å². The van der Waals surface area contributed by atoms with Crippen LogP contribution < -0.4 is 5.46 Å². The lowest BCUT2D eigenvalue weighted by molar-refractivity contribution is 0.378. The van der Waals surface area contributed by atoms with Crippen LogP contribution >= 0.6 is 0 Å². The number of nitrogens with zero attached hydrogens (tertiary/aromatic N) is 1. The summed E-state index contributed by atoms with van der Waals surface area (Å²) in [5, 5.41) is 9.88. The molecule has 3 nitrogen and oxygen atoms in total. The van der Waals surface area contributed by atoms with E-state index in [9.17, 15) is 5.26 Å². The molecular weight excluding hydrogens is 413 g/mol. The lowest BCUT2D eigenvalue weighted by atomic mass is 9.77. The number of nitriles is 1. The third kappa shape index (κ3) is 5.55. The lowest BCUT2D eigenvalue weighted by Crippen LogP contribution is -2.61. The molecule has 0 atom stereocenters. The Kier molecular flexibility index (Phi) is 10.3. The average molecular weight is 460 g/mol. The van der Waals surface area contributed by atoms with Crippen molar-refractivity contribution in [2.24, 2.45) is 0 Å². The van der Waals surface area contributed by atoms with Gasteiger partial charge in [0.25, 0.3) is 0 Å². The van der Waals surface area contributed by atoms with Crippen molar-refractivity contribution in [3.05, 3.63) is 29.8 Å². The topological polar surface area (TPSA) is 42.2 Å². The second kappa shape index (κ2) is 11.3. The van der Waals surface area contributed by atoms with Gasteiger partial charge in [0.05, 0.1) is 11.6 Å². The third-order valence-corrected chi connectivity index (χ3v) is 19.4. The SMILES string of the molecule is CC(C)[Si](OB(O[Si](C(C)C)(C(C)C)C(C)C)c1ccccc1C#N)(C(C)C)C(C)C. The molecular formula is C25H46BNO2Si2. The Bertz CT molecular complexity index is 664. The molecule has 0 aliphatic rings. The normalized spacial score (nSPS) is 13.2. The molecule has 1 aromatic carbocycles. The van der Waals surface area contributed by atoms with Crippen LogP contribution in [-0.2, 0) is 8.69 Å². The van der Waals surface area contributed by atoms with Crippen LogP contribution in [0, 0.1) is 11.3 Å². The maximum atomic E-state index is 9.88. The number of rotatable bonds is 11. The van der Waals surface area contributed by atoms with Gasteiger partial charge in [0.15, 0.2) is 16.6 Å². The van der Waals surface area contributed by atoms with Crippen LogP contribution in [0.3, 0.4) is 0 Å². The zero-order valence-corrected chi connectivity index (χ0v) is 24.1. The lowest BCUT2D eigenvalue weighted by Gasteiger charge is -2.48. The van der Waals surface area contributed by atoms with Crippen LogP contribution in [0.15, 0.2) is 24.3 Å². The van der Waals surface area contributed by atoms with Crippen LogP contribution in [0.25, 0.3) is 0 Å². The monoisotopic (exact) mass is 459 g/mol. The fourth-order valence-electron chi connectivity index (χ4n) is 6.14. The first-order valence-corrected chi connectivity index (χ1v) is 16.4. The van der Waals surface area contributed by atoms with Crippen molar-refractivity contribution < 1.29 is 8.69 Å². The Labute approximate surface area is 195 Å². The third-order valence-electron chi connectivity index (χ3n) is 7.37. The highest BCUT2D eigenvalue weighted by Crippen LogP contribution is 2.46. The molecule has 0 N–H and O–H groups in total. The standard InChI is InChI=1S/C25H46BNO2Si2/c1-18(2)30(19(3)4,20(5)6)28-26(25-16-14-13-15-24(25)17-27)29-31(21(7)8,22(9)10)23(11)12/h13-16,18-23H,1-12H3. The largest absolute Gasteiger partial charge is 0.473 e. The van der Waals surface area contributed by atoms with Gasteiger partial charge in [-0.25, -0.2) is 0 Å². The molecule has 0 bridgehead atoms. The number of hydrogen-bond acceptors (Lipinski definition) is 3. The summed E-state index contributed by atoms with van der Waals surface area (Å²) in [5.74, 6) is 0. The molecule has 0 radical (unpaired) electrons. The Balaban J connectivity index is 3.76. The molecule has 31 heavy (non-hydrogen) atoms. The number of hydrogen-bond donors (Lipinski definition) is 0. The molecule has 6 heteroatoms. The minimum absolute atomic E-state index is 0.445. The summed E-state index contributed by atoms with van der Waals surface area (Å²) in [5.41, 5.74) is 4.22. The van der Waals surface area contributed by atoms with Crippen LogP contribution in [0.1, 0.15) is 88.6 Å². The second-order valence-electron chi connectivity index (χ2n) is 10.9. The highest BCUT2D eigenvalue weighted by molar-refractivity contribution is 6.90. The summed E-state index contributed by atoms with van der Waals surface area (Å²) < 4.78 is 14.5. The average Bonchev–Trinajstić information content (AvgIpc) is 2.66. The quantitative estimate of drug-likeness (QED) is 0.319. The van der Waals surface area contributed by atoms with E-state index in [0.29, 0.717) is 38.8 Å². The van der Waals surface area contributed by atoms with E-state index < -0.39 is 23.8 Å². The number of benzene rings is 1. The van der Waals surface area contributed by atoms with Crippen molar-refractivity contribution in [3.63, 3.8) is 0 Å². The zero-order chi connectivity index (χ0) is 24.1. The molecule has 174 valence electrons. The first-order valence-electron chi connectivity index (χ1n) is 12.1. The predicted octanol–water partition coefficient (Wildman–Crippen LogP) is 7.64. The Hall–Kier alpha value is -0.871. The summed E-state index contributed by atoms with van der Waals surface area (Å²) in [6.07, 6.45) is 0. The molecule has 0 fully saturated rings. The molecule has 1 aromatic rings. The van der Waals surface area contributed by atoms with Gasteiger partial charge in [-0.2, -0.15) is 5.26 Å². The van der Waals surface area contributed by atoms with Crippen LogP contribution in [0.4, 0.5) is 0 Å². The van der Waals surface area contributed by atoms with Crippen LogP contribution in [-0.4, -0.2) is 23.8 Å². The van der Waals surface area contributed by atoms with Crippen molar-refractivity contribution in [3.8, 4) is 6.07 Å². The molecule has 0 aliphatic heterocycles. The van der Waals surface area contributed by atoms with Crippen LogP contribution in [0.2, 0.25) is 33.2 Å². The van der Waals surface area contributed by atoms with Gasteiger partial charge in [-0.1, -0.05) is 101 Å². The molecule has 0 unspecified atom stereocenters. The maximum absolute atomic E-state index is 9.88. The fraction of sp³-hybridized carbons (Fsp3) is 0.720. The predicted molar refractivity (Wildman–Crippen MR) is 141 cm³/mol. The minimum atomic E-state index is -2.23. The van der Waals surface area contributed by atoms with E-state index in [1.807, 2.05) is 24.3 Å². The van der Waals surface area contributed by atoms with Gasteiger partial charge >= 0.3 is 7.12 Å². The molecule has 0 spiro atoms. The van der Waals surface area contributed by atoms with Gasteiger partial charge in [-0.15, -0.1) is 0 Å². The fourth-order valence-corrected chi connectivity index (χ4v) is 17.0. The van der Waals surface area contributed by atoms with E-state index >= 15 is 0 Å². The molecule has 0 saturated heterocycles. The van der Waals surface area contributed by atoms with Gasteiger partial charge in [-0.3, -0.25) is 0 Å². The van der Waals surface area contributed by atoms with E-state index in [1.54, 1.807) is 0 Å². The summed E-state index contributed by atoms with van der Waals surface area (Å²) in [6, 6.07) is 10.2. The van der Waals surface area contributed by atoms with Crippen molar-refractivity contribution in [2.45, 2.75) is 116 Å². The van der Waals surface area contributed by atoms with E-state index in [0.717, 1.165) is 5.46 Å². The van der Waals surface area contributed by atoms with Crippen molar-refractivity contribution in [1.29, 1.82) is 5.26 Å². The summed E-state index contributed by atoms with van der Waals surface area (Å²) >= 11 is 0.